The predicted molar refractivity (Wildman–Crippen MR) is 150 cm³/mol. The SMILES string of the molecule is CC(C)C(N)C(=O)NC(Cc1c[nH]c2ccccc12)C(=O)NC(Cc1ccccc1)C(=O)NC(C(=O)O)C(C)O. The lowest BCUT2D eigenvalue weighted by Crippen LogP contribution is -2.59. The molecular weight excluding hydrogens is 514 g/mol. The first-order chi connectivity index (χ1) is 19.0. The first kappa shape index (κ1) is 30.3. The quantitative estimate of drug-likeness (QED) is 0.164. The van der Waals surface area contributed by atoms with Gasteiger partial charge in [-0.2, -0.15) is 0 Å². The Labute approximate surface area is 232 Å². The predicted octanol–water partition coefficient (Wildman–Crippen LogP) is 0.856. The largest absolute Gasteiger partial charge is 0.480 e. The van der Waals surface area contributed by atoms with Crippen molar-refractivity contribution in [1.82, 2.24) is 20.9 Å². The highest BCUT2D eigenvalue weighted by Crippen LogP contribution is 2.19. The molecule has 1 heterocycles. The van der Waals surface area contributed by atoms with Crippen molar-refractivity contribution in [2.24, 2.45) is 11.7 Å². The normalized spacial score (nSPS) is 15.1. The van der Waals surface area contributed by atoms with Crippen molar-refractivity contribution >= 4 is 34.6 Å². The van der Waals surface area contributed by atoms with Crippen LogP contribution in [0.15, 0.2) is 60.8 Å². The molecule has 11 nitrogen and oxygen atoms in total. The Balaban J connectivity index is 1.90. The van der Waals surface area contributed by atoms with Gasteiger partial charge in [0.2, 0.25) is 17.7 Å². The summed E-state index contributed by atoms with van der Waals surface area (Å²) in [4.78, 5) is 54.5. The number of nitrogens with two attached hydrogens (primary N) is 1. The number of aliphatic hydroxyl groups is 1. The summed E-state index contributed by atoms with van der Waals surface area (Å²) < 4.78 is 0. The number of carboxylic acid groups (broad SMARTS) is 1. The van der Waals surface area contributed by atoms with Crippen LogP contribution in [-0.4, -0.2) is 69.2 Å². The molecule has 0 radical (unpaired) electrons. The maximum atomic E-state index is 13.7. The highest BCUT2D eigenvalue weighted by atomic mass is 16.4. The number of benzene rings is 2. The van der Waals surface area contributed by atoms with E-state index in [2.05, 4.69) is 20.9 Å². The van der Waals surface area contributed by atoms with Crippen LogP contribution in [0.4, 0.5) is 0 Å². The smallest absolute Gasteiger partial charge is 0.328 e. The number of carboxylic acids is 1. The van der Waals surface area contributed by atoms with E-state index in [1.807, 2.05) is 24.3 Å². The molecule has 0 saturated heterocycles. The molecule has 1 aromatic heterocycles. The van der Waals surface area contributed by atoms with E-state index in [0.717, 1.165) is 16.5 Å². The molecule has 0 aliphatic rings. The van der Waals surface area contributed by atoms with Crippen molar-refractivity contribution in [2.45, 2.75) is 63.9 Å². The van der Waals surface area contributed by atoms with Crippen molar-refractivity contribution in [3.63, 3.8) is 0 Å². The van der Waals surface area contributed by atoms with Gasteiger partial charge in [0.05, 0.1) is 12.1 Å². The third-order valence-electron chi connectivity index (χ3n) is 6.71. The van der Waals surface area contributed by atoms with Crippen LogP contribution in [0.2, 0.25) is 0 Å². The molecule has 214 valence electrons. The summed E-state index contributed by atoms with van der Waals surface area (Å²) in [6, 6.07) is 11.7. The zero-order valence-corrected chi connectivity index (χ0v) is 22.8. The molecule has 3 amide bonds. The topological polar surface area (TPSA) is 187 Å². The fourth-order valence-corrected chi connectivity index (χ4v) is 4.27. The fraction of sp³-hybridized carbons (Fsp3) is 0.379. The summed E-state index contributed by atoms with van der Waals surface area (Å²) in [5, 5.41) is 27.9. The monoisotopic (exact) mass is 551 g/mol. The highest BCUT2D eigenvalue weighted by molar-refractivity contribution is 5.95. The molecule has 8 N–H and O–H groups in total. The van der Waals surface area contributed by atoms with Crippen LogP contribution < -0.4 is 21.7 Å². The van der Waals surface area contributed by atoms with Gasteiger partial charge in [0, 0.05) is 29.9 Å². The lowest BCUT2D eigenvalue weighted by atomic mass is 10.00. The van der Waals surface area contributed by atoms with Gasteiger partial charge >= 0.3 is 5.97 Å². The summed E-state index contributed by atoms with van der Waals surface area (Å²) in [6.45, 7) is 4.83. The number of aromatic amines is 1. The third kappa shape index (κ3) is 7.90. The number of carbonyl (C=O) groups is 4. The second kappa shape index (κ2) is 13.7. The van der Waals surface area contributed by atoms with Gasteiger partial charge in [-0.05, 0) is 30.0 Å². The zero-order valence-electron chi connectivity index (χ0n) is 22.8. The summed E-state index contributed by atoms with van der Waals surface area (Å²) in [7, 11) is 0. The van der Waals surface area contributed by atoms with Gasteiger partial charge < -0.3 is 36.9 Å². The number of para-hydroxylation sites is 1. The van der Waals surface area contributed by atoms with Crippen LogP contribution in [0.1, 0.15) is 31.9 Å². The first-order valence-electron chi connectivity index (χ1n) is 13.1. The fourth-order valence-electron chi connectivity index (χ4n) is 4.27. The molecule has 0 aliphatic carbocycles. The minimum Gasteiger partial charge on any atom is -0.480 e. The van der Waals surface area contributed by atoms with Gasteiger partial charge in [-0.25, -0.2) is 4.79 Å². The second-order valence-electron chi connectivity index (χ2n) is 10.2. The Morgan fingerprint density at radius 3 is 2.02 bits per heavy atom. The number of aromatic nitrogens is 1. The van der Waals surface area contributed by atoms with E-state index < -0.39 is 54.0 Å². The minimum absolute atomic E-state index is 0.0455. The minimum atomic E-state index is -1.58. The highest BCUT2D eigenvalue weighted by Gasteiger charge is 2.32. The molecule has 40 heavy (non-hydrogen) atoms. The van der Waals surface area contributed by atoms with Gasteiger partial charge in [0.25, 0.3) is 0 Å². The van der Waals surface area contributed by atoms with Crippen LogP contribution in [0, 0.1) is 5.92 Å². The number of rotatable bonds is 13. The van der Waals surface area contributed by atoms with Gasteiger partial charge in [-0.1, -0.05) is 62.4 Å². The van der Waals surface area contributed by atoms with Crippen LogP contribution in [-0.2, 0) is 32.0 Å². The summed E-state index contributed by atoms with van der Waals surface area (Å²) in [6.07, 6.45) is 0.538. The van der Waals surface area contributed by atoms with Crippen molar-refractivity contribution in [3.8, 4) is 0 Å². The molecule has 0 spiro atoms. The number of fused-ring (bicyclic) bond motifs is 1. The van der Waals surface area contributed by atoms with E-state index in [0.29, 0.717) is 5.56 Å². The third-order valence-corrected chi connectivity index (χ3v) is 6.71. The Kier molecular flexibility index (Phi) is 10.4. The number of hydrogen-bond acceptors (Lipinski definition) is 6. The molecule has 3 aromatic rings. The van der Waals surface area contributed by atoms with Crippen LogP contribution in [0.25, 0.3) is 10.9 Å². The van der Waals surface area contributed by atoms with E-state index in [1.165, 1.54) is 6.92 Å². The van der Waals surface area contributed by atoms with Crippen LogP contribution in [0.3, 0.4) is 0 Å². The lowest BCUT2D eigenvalue weighted by Gasteiger charge is -2.26. The lowest BCUT2D eigenvalue weighted by molar-refractivity contribution is -0.145. The molecule has 11 heteroatoms. The van der Waals surface area contributed by atoms with E-state index >= 15 is 0 Å². The van der Waals surface area contributed by atoms with E-state index in [-0.39, 0.29) is 18.8 Å². The van der Waals surface area contributed by atoms with Gasteiger partial charge in [0.1, 0.15) is 12.1 Å². The van der Waals surface area contributed by atoms with Crippen LogP contribution in [0.5, 0.6) is 0 Å². The number of H-pyrrole nitrogens is 1. The molecule has 0 aliphatic heterocycles. The summed E-state index contributed by atoms with van der Waals surface area (Å²) in [5.74, 6) is -3.54. The standard InChI is InChI=1S/C29H37N5O6/c1-16(2)24(30)28(38)33-23(14-19-15-31-21-12-8-7-11-20(19)21)26(36)32-22(13-18-9-5-4-6-10-18)27(37)34-25(17(3)35)29(39)40/h4-12,15-17,22-25,31,35H,13-14,30H2,1-3H3,(H,32,36)(H,33,38)(H,34,37)(H,39,40). The molecule has 0 saturated carbocycles. The van der Waals surface area contributed by atoms with E-state index in [1.54, 1.807) is 50.4 Å². The van der Waals surface area contributed by atoms with E-state index in [4.69, 9.17) is 5.73 Å². The number of hydrogen-bond donors (Lipinski definition) is 7. The molecular formula is C29H37N5O6. The molecule has 0 fully saturated rings. The second-order valence-corrected chi connectivity index (χ2v) is 10.2. The van der Waals surface area contributed by atoms with Crippen molar-refractivity contribution in [3.05, 3.63) is 71.9 Å². The van der Waals surface area contributed by atoms with Gasteiger partial charge in [-0.15, -0.1) is 0 Å². The van der Waals surface area contributed by atoms with Gasteiger partial charge in [0.15, 0.2) is 6.04 Å². The number of aliphatic carboxylic acids is 1. The summed E-state index contributed by atoms with van der Waals surface area (Å²) in [5.41, 5.74) is 8.39. The maximum Gasteiger partial charge on any atom is 0.328 e. The Morgan fingerprint density at radius 1 is 0.825 bits per heavy atom. The maximum absolute atomic E-state index is 13.7. The Bertz CT molecular complexity index is 1320. The van der Waals surface area contributed by atoms with Crippen molar-refractivity contribution in [1.29, 1.82) is 0 Å². The van der Waals surface area contributed by atoms with Crippen molar-refractivity contribution in [2.75, 3.05) is 0 Å². The van der Waals surface area contributed by atoms with E-state index in [9.17, 15) is 29.4 Å². The van der Waals surface area contributed by atoms with Crippen LogP contribution >= 0.6 is 0 Å². The molecule has 5 unspecified atom stereocenters. The number of amides is 3. The first-order valence-corrected chi connectivity index (χ1v) is 13.1. The van der Waals surface area contributed by atoms with Crippen molar-refractivity contribution < 1.29 is 29.4 Å². The number of nitrogens with one attached hydrogen (secondary N) is 4. The number of carbonyl (C=O) groups excluding carboxylic acids is 3. The summed E-state index contributed by atoms with van der Waals surface area (Å²) >= 11 is 0. The molecule has 5 atom stereocenters. The molecule has 2 aromatic carbocycles. The van der Waals surface area contributed by atoms with Gasteiger partial charge in [-0.3, -0.25) is 14.4 Å². The molecule has 0 bridgehead atoms. The average Bonchev–Trinajstić information content (AvgIpc) is 3.33. The number of aliphatic hydroxyl groups excluding tert-OH is 1. The Hall–Kier alpha value is -4.22. The Morgan fingerprint density at radius 2 is 1.40 bits per heavy atom. The average molecular weight is 552 g/mol. The molecule has 3 rings (SSSR count). The zero-order chi connectivity index (χ0) is 29.4.